The molecule has 2 rings (SSSR count). The van der Waals surface area contributed by atoms with Gasteiger partial charge in [-0.2, -0.15) is 0 Å². The lowest BCUT2D eigenvalue weighted by atomic mass is 10.0. The zero-order chi connectivity index (χ0) is 17.2. The number of aliphatic hydroxyl groups excluding tert-OH is 1. The zero-order valence-electron chi connectivity index (χ0n) is 14.5. The average molecular weight is 340 g/mol. The van der Waals surface area contributed by atoms with E-state index in [1.165, 1.54) is 10.6 Å². The minimum atomic E-state index is -3.45. The van der Waals surface area contributed by atoms with Gasteiger partial charge in [0.15, 0.2) is 0 Å². The van der Waals surface area contributed by atoms with Crippen LogP contribution in [-0.4, -0.2) is 57.0 Å². The Balaban J connectivity index is 2.24. The monoisotopic (exact) mass is 340 g/mol. The molecule has 1 heterocycles. The summed E-state index contributed by atoms with van der Waals surface area (Å²) in [5.41, 5.74) is 3.64. The Morgan fingerprint density at radius 1 is 1.17 bits per heavy atom. The highest BCUT2D eigenvalue weighted by Crippen LogP contribution is 2.28. The molecule has 0 aliphatic carbocycles. The van der Waals surface area contributed by atoms with Crippen molar-refractivity contribution in [3.63, 3.8) is 0 Å². The van der Waals surface area contributed by atoms with Gasteiger partial charge in [-0.1, -0.05) is 17.7 Å². The molecule has 1 aromatic carbocycles. The maximum absolute atomic E-state index is 12.3. The molecule has 1 fully saturated rings. The molecule has 5 nitrogen and oxygen atoms in total. The number of benzene rings is 1. The van der Waals surface area contributed by atoms with Crippen LogP contribution in [-0.2, 0) is 10.0 Å². The number of nitrogens with zero attached hydrogens (tertiary/aromatic N) is 2. The van der Waals surface area contributed by atoms with Crippen molar-refractivity contribution in [3.05, 3.63) is 28.8 Å². The van der Waals surface area contributed by atoms with Crippen molar-refractivity contribution in [2.75, 3.05) is 36.7 Å². The van der Waals surface area contributed by atoms with E-state index in [0.717, 1.165) is 42.6 Å². The molecule has 0 spiro atoms. The molecular formula is C17H28N2O3S. The number of aryl methyl sites for hydroxylation is 3. The topological polar surface area (TPSA) is 60.9 Å². The van der Waals surface area contributed by atoms with E-state index in [0.29, 0.717) is 12.2 Å². The number of rotatable bonds is 6. The summed E-state index contributed by atoms with van der Waals surface area (Å²) >= 11 is 0. The minimum absolute atomic E-state index is 0.0973. The minimum Gasteiger partial charge on any atom is -0.390 e. The third kappa shape index (κ3) is 4.68. The second kappa shape index (κ2) is 7.20. The standard InChI is InChI=1S/C17H28N2O3S/c1-13-9-14(2)17(15(3)10-13)19(23(4,21)22)12-16(20)11-18-7-5-6-8-18/h9-10,16,20H,5-8,11-12H2,1-4H3. The van der Waals surface area contributed by atoms with Crippen molar-refractivity contribution in [2.24, 2.45) is 0 Å². The summed E-state index contributed by atoms with van der Waals surface area (Å²) in [5, 5.41) is 10.4. The van der Waals surface area contributed by atoms with Crippen molar-refractivity contribution in [2.45, 2.75) is 39.7 Å². The highest BCUT2D eigenvalue weighted by molar-refractivity contribution is 7.92. The van der Waals surface area contributed by atoms with Crippen LogP contribution in [0.15, 0.2) is 12.1 Å². The smallest absolute Gasteiger partial charge is 0.232 e. The molecule has 1 aliphatic rings. The van der Waals surface area contributed by atoms with Crippen molar-refractivity contribution in [3.8, 4) is 0 Å². The largest absolute Gasteiger partial charge is 0.390 e. The molecule has 1 aromatic rings. The van der Waals surface area contributed by atoms with Crippen molar-refractivity contribution >= 4 is 15.7 Å². The van der Waals surface area contributed by atoms with Crippen LogP contribution < -0.4 is 4.31 Å². The molecule has 1 atom stereocenters. The number of hydrogen-bond donors (Lipinski definition) is 1. The maximum Gasteiger partial charge on any atom is 0.232 e. The predicted molar refractivity (Wildman–Crippen MR) is 94.5 cm³/mol. The Hall–Kier alpha value is -1.11. The molecule has 0 amide bonds. The molecule has 130 valence electrons. The first-order valence-corrected chi connectivity index (χ1v) is 9.99. The Bertz CT molecular complexity index is 629. The summed E-state index contributed by atoms with van der Waals surface area (Å²) in [7, 11) is -3.45. The molecule has 0 radical (unpaired) electrons. The van der Waals surface area contributed by atoms with Gasteiger partial charge < -0.3 is 10.0 Å². The fourth-order valence-corrected chi connectivity index (χ4v) is 4.53. The molecule has 6 heteroatoms. The van der Waals surface area contributed by atoms with Crippen LogP contribution in [0.3, 0.4) is 0 Å². The summed E-state index contributed by atoms with van der Waals surface area (Å²) in [4.78, 5) is 2.19. The fraction of sp³-hybridized carbons (Fsp3) is 0.647. The van der Waals surface area contributed by atoms with E-state index in [1.54, 1.807) is 0 Å². The average Bonchev–Trinajstić information content (AvgIpc) is 2.88. The summed E-state index contributed by atoms with van der Waals surface area (Å²) in [6.07, 6.45) is 2.81. The number of sulfonamides is 1. The Labute approximate surface area is 140 Å². The second-order valence-electron chi connectivity index (χ2n) is 6.70. The van der Waals surface area contributed by atoms with Crippen molar-refractivity contribution in [1.82, 2.24) is 4.90 Å². The summed E-state index contributed by atoms with van der Waals surface area (Å²) in [6.45, 7) is 8.42. The zero-order valence-corrected chi connectivity index (χ0v) is 15.4. The first-order chi connectivity index (χ1) is 10.7. The number of anilines is 1. The Kier molecular flexibility index (Phi) is 5.70. The second-order valence-corrected chi connectivity index (χ2v) is 8.61. The van der Waals surface area contributed by atoms with Gasteiger partial charge >= 0.3 is 0 Å². The maximum atomic E-state index is 12.3. The van der Waals surface area contributed by atoms with Gasteiger partial charge in [-0.3, -0.25) is 4.31 Å². The summed E-state index contributed by atoms with van der Waals surface area (Å²) in [5.74, 6) is 0. The Morgan fingerprint density at radius 2 is 1.70 bits per heavy atom. The van der Waals surface area contributed by atoms with Crippen LogP contribution in [0.1, 0.15) is 29.5 Å². The molecule has 1 saturated heterocycles. The van der Waals surface area contributed by atoms with Gasteiger partial charge in [0.1, 0.15) is 0 Å². The normalized spacial score (nSPS) is 17.4. The van der Waals surface area contributed by atoms with Gasteiger partial charge in [-0.25, -0.2) is 8.42 Å². The highest BCUT2D eigenvalue weighted by atomic mass is 32.2. The first-order valence-electron chi connectivity index (χ1n) is 8.14. The molecule has 0 aromatic heterocycles. The summed E-state index contributed by atoms with van der Waals surface area (Å²) < 4.78 is 25.9. The SMILES string of the molecule is Cc1cc(C)c(N(CC(O)CN2CCCC2)S(C)(=O)=O)c(C)c1. The van der Waals surface area contributed by atoms with Crippen LogP contribution in [0.5, 0.6) is 0 Å². The quantitative estimate of drug-likeness (QED) is 0.858. The lowest BCUT2D eigenvalue weighted by Crippen LogP contribution is -2.42. The van der Waals surface area contributed by atoms with Crippen LogP contribution >= 0.6 is 0 Å². The fourth-order valence-electron chi connectivity index (χ4n) is 3.47. The van der Waals surface area contributed by atoms with Crippen LogP contribution in [0.2, 0.25) is 0 Å². The third-order valence-corrected chi connectivity index (χ3v) is 5.46. The van der Waals surface area contributed by atoms with Gasteiger partial charge in [-0.05, 0) is 57.8 Å². The van der Waals surface area contributed by atoms with Crippen LogP contribution in [0, 0.1) is 20.8 Å². The molecular weight excluding hydrogens is 312 g/mol. The van der Waals surface area contributed by atoms with Gasteiger partial charge in [0.05, 0.1) is 24.6 Å². The molecule has 1 N–H and O–H groups in total. The third-order valence-electron chi connectivity index (χ3n) is 4.33. The van der Waals surface area contributed by atoms with E-state index in [-0.39, 0.29) is 6.54 Å². The van der Waals surface area contributed by atoms with E-state index in [4.69, 9.17) is 0 Å². The van der Waals surface area contributed by atoms with Crippen LogP contribution in [0.25, 0.3) is 0 Å². The van der Waals surface area contributed by atoms with Gasteiger partial charge in [-0.15, -0.1) is 0 Å². The van der Waals surface area contributed by atoms with Gasteiger partial charge in [0.25, 0.3) is 0 Å². The van der Waals surface area contributed by atoms with Crippen molar-refractivity contribution in [1.29, 1.82) is 0 Å². The van der Waals surface area contributed by atoms with Crippen molar-refractivity contribution < 1.29 is 13.5 Å². The molecule has 23 heavy (non-hydrogen) atoms. The van der Waals surface area contributed by atoms with E-state index in [2.05, 4.69) is 4.90 Å². The predicted octanol–water partition coefficient (Wildman–Crippen LogP) is 1.83. The number of β-amino-alcohol motifs (C(OH)–C–C–N with tert-alkyl or cyclic N) is 1. The van der Waals surface area contributed by atoms with Gasteiger partial charge in [0, 0.05) is 6.54 Å². The van der Waals surface area contributed by atoms with Gasteiger partial charge in [0.2, 0.25) is 10.0 Å². The molecule has 1 aliphatic heterocycles. The number of hydrogen-bond acceptors (Lipinski definition) is 4. The lowest BCUT2D eigenvalue weighted by molar-refractivity contribution is 0.132. The Morgan fingerprint density at radius 3 is 2.17 bits per heavy atom. The molecule has 1 unspecified atom stereocenters. The lowest BCUT2D eigenvalue weighted by Gasteiger charge is -2.29. The highest BCUT2D eigenvalue weighted by Gasteiger charge is 2.25. The number of likely N-dealkylation sites (tertiary alicyclic amines) is 1. The van der Waals surface area contributed by atoms with E-state index >= 15 is 0 Å². The number of aliphatic hydroxyl groups is 1. The summed E-state index contributed by atoms with van der Waals surface area (Å²) in [6, 6.07) is 3.96. The van der Waals surface area contributed by atoms with Crippen LogP contribution in [0.4, 0.5) is 5.69 Å². The first kappa shape index (κ1) is 18.2. The molecule has 0 bridgehead atoms. The van der Waals surface area contributed by atoms with E-state index in [9.17, 15) is 13.5 Å². The molecule has 0 saturated carbocycles. The van der Waals surface area contributed by atoms with E-state index in [1.807, 2.05) is 32.9 Å². The van der Waals surface area contributed by atoms with E-state index < -0.39 is 16.1 Å².